The Hall–Kier alpha value is -1.49. The van der Waals surface area contributed by atoms with Crippen LogP contribution < -0.4 is 0 Å². The Morgan fingerprint density at radius 1 is 1.21 bits per heavy atom. The van der Waals surface area contributed by atoms with Crippen LogP contribution in [-0.4, -0.2) is 21.4 Å². The average molecular weight is 252 g/mol. The first-order chi connectivity index (χ1) is 6.81. The van der Waals surface area contributed by atoms with Gasteiger partial charge in [-0.25, -0.2) is 9.97 Å². The summed E-state index contributed by atoms with van der Waals surface area (Å²) < 4.78 is 0.564. The van der Waals surface area contributed by atoms with Crippen molar-refractivity contribution in [3.05, 3.63) is 34.6 Å². The second-order valence-electron chi connectivity index (χ2n) is 2.63. The van der Waals surface area contributed by atoms with Crippen LogP contribution in [0, 0.1) is 0 Å². The van der Waals surface area contributed by atoms with Crippen LogP contribution in [0.5, 0.6) is 0 Å². The van der Waals surface area contributed by atoms with Crippen molar-refractivity contribution in [2.24, 2.45) is 5.16 Å². The summed E-state index contributed by atoms with van der Waals surface area (Å²) in [6, 6.07) is 7.49. The van der Waals surface area contributed by atoms with Gasteiger partial charge in [-0.15, -0.1) is 0 Å². The van der Waals surface area contributed by atoms with Gasteiger partial charge >= 0.3 is 0 Å². The predicted octanol–water partition coefficient (Wildman–Crippen LogP) is 2.20. The molecule has 0 atom stereocenters. The van der Waals surface area contributed by atoms with Crippen molar-refractivity contribution < 1.29 is 5.21 Å². The summed E-state index contributed by atoms with van der Waals surface area (Å²) in [5, 5.41) is 11.3. The fourth-order valence-electron chi connectivity index (χ4n) is 1.13. The van der Waals surface area contributed by atoms with Crippen LogP contribution in [-0.2, 0) is 0 Å². The molecule has 2 aromatic rings. The lowest BCUT2D eigenvalue weighted by Crippen LogP contribution is -1.94. The summed E-state index contributed by atoms with van der Waals surface area (Å²) in [6.07, 6.45) is 1.24. The molecule has 5 heteroatoms. The minimum atomic E-state index is 0.506. The molecule has 0 aliphatic heterocycles. The third kappa shape index (κ3) is 1.58. The normalized spacial score (nSPS) is 11.2. The molecule has 0 unspecified atom stereocenters. The number of halogens is 1. The van der Waals surface area contributed by atoms with Crippen molar-refractivity contribution in [1.82, 2.24) is 9.97 Å². The number of hydrogen-bond donors (Lipinski definition) is 1. The Balaban J connectivity index is 2.70. The summed E-state index contributed by atoms with van der Waals surface area (Å²) in [5.41, 5.74) is 2.08. The SMILES string of the molecule is O/N=C/c1nc2ccccc2nc1Br. The highest BCUT2D eigenvalue weighted by Gasteiger charge is 2.03. The Morgan fingerprint density at radius 3 is 2.50 bits per heavy atom. The molecule has 0 saturated heterocycles. The van der Waals surface area contributed by atoms with Gasteiger partial charge in [-0.2, -0.15) is 0 Å². The van der Waals surface area contributed by atoms with Crippen LogP contribution in [0.15, 0.2) is 34.0 Å². The molecular formula is C9H6BrN3O. The van der Waals surface area contributed by atoms with Gasteiger partial charge in [0.05, 0.1) is 17.2 Å². The highest BCUT2D eigenvalue weighted by Crippen LogP contribution is 2.15. The standard InChI is InChI=1S/C9H6BrN3O/c10-9-8(5-11-14)12-6-3-1-2-4-7(6)13-9/h1-5,14H/b11-5+. The number of nitrogens with zero attached hydrogens (tertiary/aromatic N) is 3. The van der Waals surface area contributed by atoms with Gasteiger partial charge in [0.1, 0.15) is 10.3 Å². The number of para-hydroxylation sites is 2. The Kier molecular flexibility index (Phi) is 2.41. The molecule has 0 bridgehead atoms. The first-order valence-electron chi connectivity index (χ1n) is 3.91. The van der Waals surface area contributed by atoms with Gasteiger partial charge in [-0.3, -0.25) is 0 Å². The number of fused-ring (bicyclic) bond motifs is 1. The van der Waals surface area contributed by atoms with Crippen LogP contribution in [0.25, 0.3) is 11.0 Å². The maximum atomic E-state index is 8.40. The number of oxime groups is 1. The summed E-state index contributed by atoms with van der Waals surface area (Å²) in [5.74, 6) is 0. The molecule has 0 spiro atoms. The van der Waals surface area contributed by atoms with E-state index in [0.29, 0.717) is 10.3 Å². The molecule has 4 nitrogen and oxygen atoms in total. The van der Waals surface area contributed by atoms with Crippen molar-refractivity contribution in [2.75, 3.05) is 0 Å². The van der Waals surface area contributed by atoms with E-state index in [1.165, 1.54) is 6.21 Å². The summed E-state index contributed by atoms with van der Waals surface area (Å²) in [4.78, 5) is 8.49. The van der Waals surface area contributed by atoms with E-state index in [-0.39, 0.29) is 0 Å². The van der Waals surface area contributed by atoms with Crippen molar-refractivity contribution in [3.63, 3.8) is 0 Å². The minimum absolute atomic E-state index is 0.506. The van der Waals surface area contributed by atoms with Crippen molar-refractivity contribution in [1.29, 1.82) is 0 Å². The molecule has 0 saturated carbocycles. The first-order valence-corrected chi connectivity index (χ1v) is 4.70. The molecule has 0 amide bonds. The van der Waals surface area contributed by atoms with E-state index >= 15 is 0 Å². The fraction of sp³-hybridized carbons (Fsp3) is 0. The zero-order valence-electron chi connectivity index (χ0n) is 7.05. The fourth-order valence-corrected chi connectivity index (χ4v) is 1.51. The molecule has 1 heterocycles. The monoisotopic (exact) mass is 251 g/mol. The highest BCUT2D eigenvalue weighted by molar-refractivity contribution is 9.10. The van der Waals surface area contributed by atoms with Crippen LogP contribution >= 0.6 is 15.9 Å². The zero-order valence-corrected chi connectivity index (χ0v) is 8.64. The average Bonchev–Trinajstić information content (AvgIpc) is 2.19. The van der Waals surface area contributed by atoms with E-state index in [9.17, 15) is 0 Å². The maximum Gasteiger partial charge on any atom is 0.134 e. The van der Waals surface area contributed by atoms with Crippen molar-refractivity contribution in [3.8, 4) is 0 Å². The van der Waals surface area contributed by atoms with Crippen LogP contribution in [0.3, 0.4) is 0 Å². The summed E-state index contributed by atoms with van der Waals surface area (Å²) in [6.45, 7) is 0. The van der Waals surface area contributed by atoms with E-state index in [2.05, 4.69) is 31.1 Å². The van der Waals surface area contributed by atoms with Gasteiger partial charge < -0.3 is 5.21 Å². The number of hydrogen-bond acceptors (Lipinski definition) is 4. The van der Waals surface area contributed by atoms with Gasteiger partial charge in [0.2, 0.25) is 0 Å². The van der Waals surface area contributed by atoms with Crippen LogP contribution in [0.1, 0.15) is 5.69 Å². The molecule has 0 aliphatic rings. The minimum Gasteiger partial charge on any atom is -0.411 e. The van der Waals surface area contributed by atoms with E-state index in [1.807, 2.05) is 24.3 Å². The first kappa shape index (κ1) is 9.08. The van der Waals surface area contributed by atoms with Gasteiger partial charge in [0.15, 0.2) is 0 Å². The third-order valence-electron chi connectivity index (χ3n) is 1.73. The lowest BCUT2D eigenvalue weighted by molar-refractivity contribution is 0.321. The van der Waals surface area contributed by atoms with Crippen molar-refractivity contribution >= 4 is 33.2 Å². The largest absolute Gasteiger partial charge is 0.411 e. The predicted molar refractivity (Wildman–Crippen MR) is 56.6 cm³/mol. The van der Waals surface area contributed by atoms with Crippen LogP contribution in [0.2, 0.25) is 0 Å². The molecule has 1 N–H and O–H groups in total. The number of rotatable bonds is 1. The Morgan fingerprint density at radius 2 is 1.86 bits per heavy atom. The quantitative estimate of drug-likeness (QED) is 0.480. The molecular weight excluding hydrogens is 246 g/mol. The molecule has 14 heavy (non-hydrogen) atoms. The highest BCUT2D eigenvalue weighted by atomic mass is 79.9. The third-order valence-corrected chi connectivity index (χ3v) is 2.32. The van der Waals surface area contributed by atoms with Gasteiger partial charge in [-0.1, -0.05) is 17.3 Å². The lowest BCUT2D eigenvalue weighted by atomic mass is 10.3. The molecule has 0 radical (unpaired) electrons. The van der Waals surface area contributed by atoms with E-state index < -0.39 is 0 Å². The van der Waals surface area contributed by atoms with Gasteiger partial charge in [-0.05, 0) is 28.1 Å². The van der Waals surface area contributed by atoms with E-state index in [4.69, 9.17) is 5.21 Å². The summed E-state index contributed by atoms with van der Waals surface area (Å²) in [7, 11) is 0. The number of benzene rings is 1. The molecule has 2 rings (SSSR count). The Labute approximate surface area is 88.4 Å². The van der Waals surface area contributed by atoms with Gasteiger partial charge in [0.25, 0.3) is 0 Å². The molecule has 0 fully saturated rings. The van der Waals surface area contributed by atoms with Crippen LogP contribution in [0.4, 0.5) is 0 Å². The topological polar surface area (TPSA) is 58.4 Å². The smallest absolute Gasteiger partial charge is 0.134 e. The molecule has 1 aromatic heterocycles. The molecule has 0 aliphatic carbocycles. The Bertz CT molecular complexity index is 498. The lowest BCUT2D eigenvalue weighted by Gasteiger charge is -1.99. The molecule has 70 valence electrons. The second kappa shape index (κ2) is 3.71. The molecule has 1 aromatic carbocycles. The van der Waals surface area contributed by atoms with E-state index in [1.54, 1.807) is 0 Å². The zero-order chi connectivity index (χ0) is 9.97. The maximum absolute atomic E-state index is 8.40. The second-order valence-corrected chi connectivity index (χ2v) is 3.38. The van der Waals surface area contributed by atoms with E-state index in [0.717, 1.165) is 11.0 Å². The van der Waals surface area contributed by atoms with Crippen molar-refractivity contribution in [2.45, 2.75) is 0 Å². The number of aromatic nitrogens is 2. The summed E-state index contributed by atoms with van der Waals surface area (Å²) >= 11 is 3.24. The van der Waals surface area contributed by atoms with Gasteiger partial charge in [0, 0.05) is 0 Å².